The zero-order valence-corrected chi connectivity index (χ0v) is 14.4. The van der Waals surface area contributed by atoms with Gasteiger partial charge in [-0.25, -0.2) is 17.2 Å². The van der Waals surface area contributed by atoms with E-state index in [1.165, 1.54) is 30.5 Å². The molecule has 0 aliphatic carbocycles. The van der Waals surface area contributed by atoms with E-state index in [1.54, 1.807) is 6.92 Å². The lowest BCUT2D eigenvalue weighted by atomic mass is 10.2. The lowest BCUT2D eigenvalue weighted by Gasteiger charge is -2.17. The fourth-order valence-corrected chi connectivity index (χ4v) is 5.36. The highest BCUT2D eigenvalue weighted by atomic mass is 79.9. The van der Waals surface area contributed by atoms with Crippen LogP contribution in [0.5, 0.6) is 0 Å². The van der Waals surface area contributed by atoms with Gasteiger partial charge < -0.3 is 0 Å². The molecule has 1 heterocycles. The van der Waals surface area contributed by atoms with Crippen molar-refractivity contribution in [2.24, 2.45) is 0 Å². The van der Waals surface area contributed by atoms with Gasteiger partial charge in [0, 0.05) is 30.1 Å². The summed E-state index contributed by atoms with van der Waals surface area (Å²) in [4.78, 5) is 0.831. The van der Waals surface area contributed by atoms with Crippen molar-refractivity contribution in [2.75, 3.05) is 7.05 Å². The minimum absolute atomic E-state index is 0.120. The Labute approximate surface area is 134 Å². The van der Waals surface area contributed by atoms with E-state index in [1.807, 2.05) is 0 Å². The van der Waals surface area contributed by atoms with Crippen LogP contribution in [0.2, 0.25) is 0 Å². The van der Waals surface area contributed by atoms with Gasteiger partial charge in [-0.1, -0.05) is 6.07 Å². The lowest BCUT2D eigenvalue weighted by molar-refractivity contribution is 0.454. The van der Waals surface area contributed by atoms with Crippen LogP contribution in [0.15, 0.2) is 32.9 Å². The third kappa shape index (κ3) is 3.50. The monoisotopic (exact) mass is 395 g/mol. The van der Waals surface area contributed by atoms with Crippen LogP contribution in [0.4, 0.5) is 8.78 Å². The van der Waals surface area contributed by atoms with Crippen LogP contribution in [0.3, 0.4) is 0 Å². The zero-order valence-electron chi connectivity index (χ0n) is 11.2. The predicted molar refractivity (Wildman–Crippen MR) is 81.8 cm³/mol. The van der Waals surface area contributed by atoms with E-state index in [4.69, 9.17) is 0 Å². The first kappa shape index (κ1) is 16.5. The predicted octanol–water partition coefficient (Wildman–Crippen LogP) is 3.92. The molecular formula is C13H12BrF2NO2S2. The molecule has 0 amide bonds. The Balaban J connectivity index is 2.31. The van der Waals surface area contributed by atoms with Crippen LogP contribution in [-0.2, 0) is 16.6 Å². The molecule has 0 N–H and O–H groups in total. The number of aryl methyl sites for hydroxylation is 1. The molecule has 0 radical (unpaired) electrons. The number of halogens is 3. The zero-order chi connectivity index (χ0) is 15.8. The highest BCUT2D eigenvalue weighted by Gasteiger charge is 2.25. The standard InChI is InChI=1S/C13H12BrF2NO2S2/c1-8-12(6-13(14)20-8)21(18,19)17(2)7-9-3-4-10(15)5-11(9)16/h3-6H,7H2,1-2H3. The number of sulfonamides is 1. The Hall–Kier alpha value is -0.830. The molecule has 0 unspecified atom stereocenters. The Morgan fingerprint density at radius 2 is 1.95 bits per heavy atom. The second-order valence-electron chi connectivity index (χ2n) is 4.47. The Bertz CT molecular complexity index is 774. The van der Waals surface area contributed by atoms with Gasteiger partial charge in [-0.05, 0) is 35.0 Å². The SMILES string of the molecule is Cc1sc(Br)cc1S(=O)(=O)N(C)Cc1ccc(F)cc1F. The molecule has 0 fully saturated rings. The molecule has 0 spiro atoms. The van der Waals surface area contributed by atoms with Crippen LogP contribution in [0.25, 0.3) is 0 Å². The van der Waals surface area contributed by atoms with Crippen molar-refractivity contribution < 1.29 is 17.2 Å². The second-order valence-corrected chi connectivity index (χ2v) is 9.12. The van der Waals surface area contributed by atoms with Gasteiger partial charge in [0.15, 0.2) is 0 Å². The fraction of sp³-hybridized carbons (Fsp3) is 0.231. The van der Waals surface area contributed by atoms with Crippen molar-refractivity contribution in [1.82, 2.24) is 4.31 Å². The number of nitrogens with zero attached hydrogens (tertiary/aromatic N) is 1. The Morgan fingerprint density at radius 3 is 2.48 bits per heavy atom. The molecule has 21 heavy (non-hydrogen) atoms. The first-order chi connectivity index (χ1) is 9.71. The van der Waals surface area contributed by atoms with Crippen molar-refractivity contribution >= 4 is 37.3 Å². The third-order valence-electron chi connectivity index (χ3n) is 2.94. The van der Waals surface area contributed by atoms with Crippen molar-refractivity contribution in [2.45, 2.75) is 18.4 Å². The summed E-state index contributed by atoms with van der Waals surface area (Å²) in [5, 5.41) is 0. The molecule has 0 saturated heterocycles. The maximum absolute atomic E-state index is 13.6. The number of rotatable bonds is 4. The minimum atomic E-state index is -3.72. The number of benzene rings is 1. The van der Waals surface area contributed by atoms with Crippen LogP contribution in [-0.4, -0.2) is 19.8 Å². The summed E-state index contributed by atoms with van der Waals surface area (Å²) >= 11 is 4.56. The molecule has 0 atom stereocenters. The van der Waals surface area contributed by atoms with Gasteiger partial charge in [0.2, 0.25) is 10.0 Å². The highest BCUT2D eigenvalue weighted by molar-refractivity contribution is 9.11. The maximum Gasteiger partial charge on any atom is 0.244 e. The van der Waals surface area contributed by atoms with E-state index in [9.17, 15) is 17.2 Å². The topological polar surface area (TPSA) is 37.4 Å². The summed E-state index contributed by atoms with van der Waals surface area (Å²) in [6, 6.07) is 4.60. The fourth-order valence-electron chi connectivity index (χ4n) is 1.83. The summed E-state index contributed by atoms with van der Waals surface area (Å²) in [6.07, 6.45) is 0. The van der Waals surface area contributed by atoms with E-state index in [2.05, 4.69) is 15.9 Å². The van der Waals surface area contributed by atoms with E-state index in [-0.39, 0.29) is 17.0 Å². The van der Waals surface area contributed by atoms with Gasteiger partial charge in [-0.2, -0.15) is 4.31 Å². The van der Waals surface area contributed by atoms with Gasteiger partial charge in [0.05, 0.1) is 8.68 Å². The summed E-state index contributed by atoms with van der Waals surface area (Å²) in [5.41, 5.74) is 0.120. The van der Waals surface area contributed by atoms with Gasteiger partial charge in [-0.15, -0.1) is 11.3 Å². The van der Waals surface area contributed by atoms with Crippen LogP contribution >= 0.6 is 27.3 Å². The van der Waals surface area contributed by atoms with E-state index < -0.39 is 21.7 Å². The quantitative estimate of drug-likeness (QED) is 0.786. The molecule has 1 aromatic heterocycles. The van der Waals surface area contributed by atoms with E-state index >= 15 is 0 Å². The van der Waals surface area contributed by atoms with Crippen LogP contribution in [0.1, 0.15) is 10.4 Å². The molecule has 0 aliphatic rings. The largest absolute Gasteiger partial charge is 0.244 e. The van der Waals surface area contributed by atoms with Crippen LogP contribution in [0, 0.1) is 18.6 Å². The molecule has 0 aliphatic heterocycles. The lowest BCUT2D eigenvalue weighted by Crippen LogP contribution is -2.27. The Morgan fingerprint density at radius 1 is 1.29 bits per heavy atom. The molecule has 0 bridgehead atoms. The molecule has 114 valence electrons. The second kappa shape index (κ2) is 6.12. The van der Waals surface area contributed by atoms with Crippen LogP contribution < -0.4 is 0 Å². The minimum Gasteiger partial charge on any atom is -0.207 e. The maximum atomic E-state index is 13.6. The number of thiophene rings is 1. The summed E-state index contributed by atoms with van der Waals surface area (Å²) in [6.45, 7) is 1.54. The normalized spacial score (nSPS) is 12.1. The van der Waals surface area contributed by atoms with Gasteiger partial charge in [0.25, 0.3) is 0 Å². The molecule has 2 aromatic rings. The average molecular weight is 396 g/mol. The van der Waals surface area contributed by atoms with Gasteiger partial charge in [-0.3, -0.25) is 0 Å². The van der Waals surface area contributed by atoms with E-state index in [0.29, 0.717) is 8.66 Å². The average Bonchev–Trinajstić information content (AvgIpc) is 2.72. The van der Waals surface area contributed by atoms with E-state index in [0.717, 1.165) is 16.4 Å². The third-order valence-corrected chi connectivity index (χ3v) is 6.55. The molecule has 3 nitrogen and oxygen atoms in total. The summed E-state index contributed by atoms with van der Waals surface area (Å²) < 4.78 is 53.2. The Kier molecular flexibility index (Phi) is 4.82. The first-order valence-electron chi connectivity index (χ1n) is 5.88. The van der Waals surface area contributed by atoms with Gasteiger partial charge >= 0.3 is 0 Å². The summed E-state index contributed by atoms with van der Waals surface area (Å²) in [5.74, 6) is -1.46. The molecule has 2 rings (SSSR count). The number of hydrogen-bond donors (Lipinski definition) is 0. The van der Waals surface area contributed by atoms with Crippen molar-refractivity contribution in [1.29, 1.82) is 0 Å². The molecule has 0 saturated carbocycles. The molecular weight excluding hydrogens is 384 g/mol. The van der Waals surface area contributed by atoms with Crippen molar-refractivity contribution in [3.05, 3.63) is 50.1 Å². The number of hydrogen-bond acceptors (Lipinski definition) is 3. The van der Waals surface area contributed by atoms with Crippen molar-refractivity contribution in [3.63, 3.8) is 0 Å². The van der Waals surface area contributed by atoms with Crippen molar-refractivity contribution in [3.8, 4) is 0 Å². The highest BCUT2D eigenvalue weighted by Crippen LogP contribution is 2.31. The first-order valence-corrected chi connectivity index (χ1v) is 8.93. The van der Waals surface area contributed by atoms with Gasteiger partial charge in [0.1, 0.15) is 11.6 Å². The molecule has 8 heteroatoms. The molecule has 1 aromatic carbocycles. The smallest absolute Gasteiger partial charge is 0.207 e. The summed E-state index contributed by atoms with van der Waals surface area (Å²) in [7, 11) is -2.36.